The van der Waals surface area contributed by atoms with Crippen molar-refractivity contribution in [1.82, 2.24) is 0 Å². The molecule has 1 fully saturated rings. The molecule has 0 amide bonds. The Balaban J connectivity index is 1.77. The summed E-state index contributed by atoms with van der Waals surface area (Å²) in [6.45, 7) is 3.68. The highest BCUT2D eigenvalue weighted by Gasteiger charge is 2.39. The van der Waals surface area contributed by atoms with E-state index in [0.29, 0.717) is 25.7 Å². The Morgan fingerprint density at radius 3 is 2.61 bits per heavy atom. The van der Waals surface area contributed by atoms with Gasteiger partial charge in [-0.1, -0.05) is 54.6 Å². The highest BCUT2D eigenvalue weighted by atomic mass is 16.5. The van der Waals surface area contributed by atoms with Gasteiger partial charge in [-0.2, -0.15) is 0 Å². The van der Waals surface area contributed by atoms with Crippen LogP contribution >= 0.6 is 0 Å². The van der Waals surface area contributed by atoms with Crippen LogP contribution < -0.4 is 0 Å². The van der Waals surface area contributed by atoms with Gasteiger partial charge < -0.3 is 20.1 Å². The van der Waals surface area contributed by atoms with E-state index >= 15 is 0 Å². The van der Waals surface area contributed by atoms with Crippen LogP contribution in [0, 0.1) is 11.8 Å². The molecule has 1 aromatic rings. The average Bonchev–Trinajstić information content (AvgIpc) is 3.00. The molecule has 31 heavy (non-hydrogen) atoms. The molecule has 0 aliphatic heterocycles. The van der Waals surface area contributed by atoms with Crippen LogP contribution in [0.3, 0.4) is 0 Å². The molecule has 2 rings (SSSR count). The molecule has 0 aromatic heterocycles. The van der Waals surface area contributed by atoms with Crippen molar-refractivity contribution in [3.63, 3.8) is 0 Å². The van der Waals surface area contributed by atoms with Crippen LogP contribution in [0.25, 0.3) is 0 Å². The first-order valence-electron chi connectivity index (χ1n) is 11.5. The molecule has 1 aromatic carbocycles. The maximum atomic E-state index is 11.5. The second kappa shape index (κ2) is 13.5. The molecule has 0 unspecified atom stereocenters. The summed E-state index contributed by atoms with van der Waals surface area (Å²) in [5.41, 5.74) is 1.19. The Morgan fingerprint density at radius 2 is 1.90 bits per heavy atom. The summed E-state index contributed by atoms with van der Waals surface area (Å²) >= 11 is 0. The van der Waals surface area contributed by atoms with Crippen molar-refractivity contribution in [3.05, 3.63) is 60.2 Å². The molecule has 3 N–H and O–H groups in total. The lowest BCUT2D eigenvalue weighted by molar-refractivity contribution is -0.147. The predicted molar refractivity (Wildman–Crippen MR) is 122 cm³/mol. The fourth-order valence-corrected chi connectivity index (χ4v) is 4.08. The number of ether oxygens (including phenoxy) is 1. The lowest BCUT2D eigenvalue weighted by Gasteiger charge is -2.19. The molecule has 5 atom stereocenters. The van der Waals surface area contributed by atoms with E-state index in [1.54, 1.807) is 6.08 Å². The van der Waals surface area contributed by atoms with Gasteiger partial charge >= 0.3 is 5.97 Å². The summed E-state index contributed by atoms with van der Waals surface area (Å²) in [6.07, 6.45) is 10.2. The van der Waals surface area contributed by atoms with Crippen molar-refractivity contribution in [3.8, 4) is 0 Å². The van der Waals surface area contributed by atoms with E-state index in [2.05, 4.69) is 0 Å². The van der Waals surface area contributed by atoms with Crippen LogP contribution in [0.15, 0.2) is 54.6 Å². The van der Waals surface area contributed by atoms with E-state index in [4.69, 9.17) is 4.74 Å². The molecule has 0 heterocycles. The van der Waals surface area contributed by atoms with Crippen LogP contribution in [0.1, 0.15) is 57.9 Å². The van der Waals surface area contributed by atoms with Crippen LogP contribution in [0.4, 0.5) is 0 Å². The van der Waals surface area contributed by atoms with Gasteiger partial charge in [0.1, 0.15) is 0 Å². The summed E-state index contributed by atoms with van der Waals surface area (Å²) in [7, 11) is 0. The van der Waals surface area contributed by atoms with E-state index in [1.807, 2.05) is 62.4 Å². The highest BCUT2D eigenvalue weighted by Crippen LogP contribution is 2.36. The van der Waals surface area contributed by atoms with E-state index in [0.717, 1.165) is 19.3 Å². The third-order valence-electron chi connectivity index (χ3n) is 5.74. The molecule has 1 saturated carbocycles. The zero-order chi connectivity index (χ0) is 22.6. The number of aryl methyl sites for hydroxylation is 1. The summed E-state index contributed by atoms with van der Waals surface area (Å²) < 4.78 is 5.11. The Labute approximate surface area is 186 Å². The number of unbranched alkanes of at least 4 members (excludes halogenated alkanes) is 1. The molecule has 0 saturated heterocycles. The number of carbonyl (C=O) groups excluding carboxylic acids is 1. The minimum atomic E-state index is -0.600. The zero-order valence-electron chi connectivity index (χ0n) is 18.8. The number of carbonyl (C=O) groups is 1. The van der Waals surface area contributed by atoms with E-state index in [-0.39, 0.29) is 23.9 Å². The fraction of sp³-hybridized carbons (Fsp3) is 0.577. The Morgan fingerprint density at radius 1 is 1.16 bits per heavy atom. The van der Waals surface area contributed by atoms with Crippen molar-refractivity contribution in [2.45, 2.75) is 83.2 Å². The number of hydrogen-bond donors (Lipinski definition) is 3. The maximum absolute atomic E-state index is 11.5. The minimum Gasteiger partial charge on any atom is -0.463 e. The van der Waals surface area contributed by atoms with E-state index in [1.165, 1.54) is 5.56 Å². The van der Waals surface area contributed by atoms with Crippen molar-refractivity contribution < 1.29 is 24.9 Å². The number of hydrogen-bond acceptors (Lipinski definition) is 5. The standard InChI is InChI=1S/C26H38O5/c1-19(2)31-26(30)13-9-4-3-8-12-22-23(25(29)18-24(22)28)17-16-21(27)15-14-20-10-6-5-7-11-20/h3,5-8,10-11,16-17,19,21-25,27-29H,4,9,12-15,18H2,1-2H3/b8-3+,17-16+/t21-,22-,23-,24+,25-/m1/s1. The zero-order valence-corrected chi connectivity index (χ0v) is 18.8. The van der Waals surface area contributed by atoms with Crippen LogP contribution in [-0.4, -0.2) is 45.7 Å². The average molecular weight is 431 g/mol. The smallest absolute Gasteiger partial charge is 0.306 e. The molecule has 0 bridgehead atoms. The topological polar surface area (TPSA) is 87.0 Å². The number of aliphatic hydroxyl groups excluding tert-OH is 3. The number of allylic oxidation sites excluding steroid dienone is 2. The van der Waals surface area contributed by atoms with Crippen LogP contribution in [-0.2, 0) is 16.0 Å². The van der Waals surface area contributed by atoms with Crippen molar-refractivity contribution in [2.75, 3.05) is 0 Å². The number of benzene rings is 1. The minimum absolute atomic E-state index is 0.0743. The van der Waals surface area contributed by atoms with Crippen molar-refractivity contribution in [1.29, 1.82) is 0 Å². The quantitative estimate of drug-likeness (QED) is 0.265. The first-order valence-corrected chi connectivity index (χ1v) is 11.5. The normalized spacial score (nSPS) is 25.0. The van der Waals surface area contributed by atoms with Crippen LogP contribution in [0.2, 0.25) is 0 Å². The second-order valence-corrected chi connectivity index (χ2v) is 8.73. The summed E-state index contributed by atoms with van der Waals surface area (Å²) in [4.78, 5) is 11.5. The summed E-state index contributed by atoms with van der Waals surface area (Å²) in [5.74, 6) is -0.421. The van der Waals surface area contributed by atoms with Gasteiger partial charge in [0.2, 0.25) is 0 Å². The molecule has 172 valence electrons. The Hall–Kier alpha value is -1.95. The molecule has 0 spiro atoms. The SMILES string of the molecule is CC(C)OC(=O)CCC/C=C/C[C@@H]1[C@@H](/C=C/[C@H](O)CCc2ccccc2)[C@H](O)C[C@@H]1O. The van der Waals surface area contributed by atoms with E-state index < -0.39 is 18.3 Å². The summed E-state index contributed by atoms with van der Waals surface area (Å²) in [5, 5.41) is 31.0. The Kier molecular flexibility index (Phi) is 11.0. The fourth-order valence-electron chi connectivity index (χ4n) is 4.08. The van der Waals surface area contributed by atoms with Gasteiger partial charge in [0.15, 0.2) is 0 Å². The molecule has 1 aliphatic rings. The lowest BCUT2D eigenvalue weighted by atomic mass is 9.89. The largest absolute Gasteiger partial charge is 0.463 e. The molecule has 5 nitrogen and oxygen atoms in total. The molecular weight excluding hydrogens is 392 g/mol. The number of esters is 1. The monoisotopic (exact) mass is 430 g/mol. The van der Waals surface area contributed by atoms with Gasteiger partial charge in [0.05, 0.1) is 24.4 Å². The molecular formula is C26H38O5. The number of rotatable bonds is 12. The van der Waals surface area contributed by atoms with Crippen LogP contribution in [0.5, 0.6) is 0 Å². The van der Waals surface area contributed by atoms with Crippen molar-refractivity contribution in [2.24, 2.45) is 11.8 Å². The lowest BCUT2D eigenvalue weighted by Crippen LogP contribution is -2.20. The maximum Gasteiger partial charge on any atom is 0.306 e. The predicted octanol–water partition coefficient (Wildman–Crippen LogP) is 3.96. The van der Waals surface area contributed by atoms with Gasteiger partial charge in [0, 0.05) is 18.8 Å². The molecule has 0 radical (unpaired) electrons. The summed E-state index contributed by atoms with van der Waals surface area (Å²) in [6, 6.07) is 10.0. The van der Waals surface area contributed by atoms with E-state index in [9.17, 15) is 20.1 Å². The number of aliphatic hydroxyl groups is 3. The van der Waals surface area contributed by atoms with Gasteiger partial charge in [-0.05, 0) is 57.4 Å². The first-order chi connectivity index (χ1) is 14.9. The van der Waals surface area contributed by atoms with Gasteiger partial charge in [-0.3, -0.25) is 4.79 Å². The highest BCUT2D eigenvalue weighted by molar-refractivity contribution is 5.69. The van der Waals surface area contributed by atoms with Crippen molar-refractivity contribution >= 4 is 5.97 Å². The van der Waals surface area contributed by atoms with Gasteiger partial charge in [0.25, 0.3) is 0 Å². The third-order valence-corrected chi connectivity index (χ3v) is 5.74. The molecule has 1 aliphatic carbocycles. The third kappa shape index (κ3) is 9.38. The van der Waals surface area contributed by atoms with Gasteiger partial charge in [-0.15, -0.1) is 0 Å². The van der Waals surface area contributed by atoms with Gasteiger partial charge in [-0.25, -0.2) is 0 Å². The first kappa shape index (κ1) is 25.3. The molecule has 5 heteroatoms. The Bertz CT molecular complexity index is 697. The second-order valence-electron chi connectivity index (χ2n) is 8.73.